The van der Waals surface area contributed by atoms with Crippen LogP contribution in [0, 0.1) is 19.3 Å². The smallest absolute Gasteiger partial charge is 0.227 e. The third-order valence-electron chi connectivity index (χ3n) is 5.94. The molecular formula is C22H34N4O2. The highest BCUT2D eigenvalue weighted by Gasteiger charge is 2.32. The molecule has 2 aliphatic heterocycles. The number of rotatable bonds is 3. The summed E-state index contributed by atoms with van der Waals surface area (Å²) < 4.78 is 0. The van der Waals surface area contributed by atoms with E-state index in [9.17, 15) is 9.59 Å². The molecule has 0 radical (unpaired) electrons. The molecule has 0 aliphatic carbocycles. The largest absolute Gasteiger partial charge is 0.342 e. The van der Waals surface area contributed by atoms with Crippen molar-refractivity contribution in [1.82, 2.24) is 19.8 Å². The molecule has 0 unspecified atom stereocenters. The van der Waals surface area contributed by atoms with E-state index in [2.05, 4.69) is 0 Å². The van der Waals surface area contributed by atoms with Crippen LogP contribution in [0.5, 0.6) is 0 Å². The van der Waals surface area contributed by atoms with Crippen LogP contribution in [0.15, 0.2) is 0 Å². The number of amides is 2. The Labute approximate surface area is 168 Å². The molecule has 1 aromatic heterocycles. The van der Waals surface area contributed by atoms with Crippen molar-refractivity contribution in [3.8, 4) is 0 Å². The summed E-state index contributed by atoms with van der Waals surface area (Å²) in [6, 6.07) is 0. The molecule has 3 rings (SSSR count). The molecule has 1 aromatic rings. The third-order valence-corrected chi connectivity index (χ3v) is 5.94. The number of carbonyl (C=O) groups excluding carboxylic acids is 2. The Balaban J connectivity index is 1.74. The molecule has 2 amide bonds. The monoisotopic (exact) mass is 386 g/mol. The minimum absolute atomic E-state index is 0.167. The van der Waals surface area contributed by atoms with Crippen LogP contribution in [0.3, 0.4) is 0 Å². The van der Waals surface area contributed by atoms with E-state index in [1.54, 1.807) is 0 Å². The molecule has 28 heavy (non-hydrogen) atoms. The summed E-state index contributed by atoms with van der Waals surface area (Å²) in [5, 5.41) is 0. The molecule has 2 aliphatic rings. The highest BCUT2D eigenvalue weighted by atomic mass is 16.2. The van der Waals surface area contributed by atoms with Gasteiger partial charge >= 0.3 is 0 Å². The average molecular weight is 387 g/mol. The first-order chi connectivity index (χ1) is 13.2. The second-order valence-electron chi connectivity index (χ2n) is 9.34. The Hall–Kier alpha value is -1.98. The average Bonchev–Trinajstić information content (AvgIpc) is 3.18. The number of hydrogen-bond donors (Lipinski definition) is 0. The van der Waals surface area contributed by atoms with E-state index >= 15 is 0 Å². The molecule has 0 N–H and O–H groups in total. The van der Waals surface area contributed by atoms with Gasteiger partial charge < -0.3 is 9.80 Å². The third kappa shape index (κ3) is 4.53. The van der Waals surface area contributed by atoms with Crippen LogP contribution in [-0.4, -0.2) is 57.8 Å². The number of aromatic nitrogens is 2. The van der Waals surface area contributed by atoms with Crippen molar-refractivity contribution < 1.29 is 9.59 Å². The maximum atomic E-state index is 12.7. The zero-order chi connectivity index (χ0) is 20.5. The Kier molecular flexibility index (Phi) is 6.06. The predicted octanol–water partition coefficient (Wildman–Crippen LogP) is 3.01. The van der Waals surface area contributed by atoms with E-state index < -0.39 is 0 Å². The fourth-order valence-electron chi connectivity index (χ4n) is 4.28. The molecule has 0 saturated carbocycles. The number of aryl methyl sites for hydroxylation is 2. The summed E-state index contributed by atoms with van der Waals surface area (Å²) in [7, 11) is 0. The van der Waals surface area contributed by atoms with Crippen LogP contribution in [0.25, 0.3) is 0 Å². The minimum atomic E-state index is -0.367. The van der Waals surface area contributed by atoms with Gasteiger partial charge in [-0.15, -0.1) is 0 Å². The maximum Gasteiger partial charge on any atom is 0.227 e. The first-order valence-electron chi connectivity index (χ1n) is 10.6. The van der Waals surface area contributed by atoms with Crippen molar-refractivity contribution in [3.05, 3.63) is 22.8 Å². The Bertz CT molecular complexity index is 724. The molecule has 1 atom stereocenters. The van der Waals surface area contributed by atoms with Gasteiger partial charge in [0, 0.05) is 54.5 Å². The molecule has 0 aromatic carbocycles. The van der Waals surface area contributed by atoms with Gasteiger partial charge in [0.05, 0.1) is 6.42 Å². The van der Waals surface area contributed by atoms with Gasteiger partial charge in [0.15, 0.2) is 0 Å². The Morgan fingerprint density at radius 3 is 2.11 bits per heavy atom. The molecule has 2 saturated heterocycles. The number of piperidine rings is 1. The van der Waals surface area contributed by atoms with E-state index in [-0.39, 0.29) is 23.1 Å². The predicted molar refractivity (Wildman–Crippen MR) is 109 cm³/mol. The van der Waals surface area contributed by atoms with Crippen molar-refractivity contribution in [2.24, 2.45) is 5.41 Å². The molecule has 3 heterocycles. The number of carbonyl (C=O) groups is 2. The van der Waals surface area contributed by atoms with Crippen molar-refractivity contribution in [2.45, 2.75) is 72.6 Å². The molecule has 0 spiro atoms. The number of likely N-dealkylation sites (tertiary alicyclic amines) is 2. The van der Waals surface area contributed by atoms with Gasteiger partial charge in [0.2, 0.25) is 11.8 Å². The van der Waals surface area contributed by atoms with E-state index in [1.807, 2.05) is 44.4 Å². The summed E-state index contributed by atoms with van der Waals surface area (Å²) in [5.74, 6) is 1.36. The van der Waals surface area contributed by atoms with Gasteiger partial charge in [-0.2, -0.15) is 0 Å². The minimum Gasteiger partial charge on any atom is -0.342 e. The Morgan fingerprint density at radius 1 is 0.964 bits per heavy atom. The Morgan fingerprint density at radius 2 is 1.54 bits per heavy atom. The van der Waals surface area contributed by atoms with E-state index in [4.69, 9.17) is 9.97 Å². The van der Waals surface area contributed by atoms with Crippen molar-refractivity contribution in [1.29, 1.82) is 0 Å². The van der Waals surface area contributed by atoms with E-state index in [0.717, 1.165) is 68.1 Å². The van der Waals surface area contributed by atoms with Gasteiger partial charge in [0.1, 0.15) is 5.82 Å². The highest BCUT2D eigenvalue weighted by Crippen LogP contribution is 2.29. The van der Waals surface area contributed by atoms with Gasteiger partial charge in [-0.05, 0) is 39.5 Å². The summed E-state index contributed by atoms with van der Waals surface area (Å²) in [6.07, 6.45) is 4.56. The lowest BCUT2D eigenvalue weighted by atomic mass is 9.90. The summed E-state index contributed by atoms with van der Waals surface area (Å²) >= 11 is 0. The summed E-state index contributed by atoms with van der Waals surface area (Å²) in [5.41, 5.74) is 2.39. The number of hydrogen-bond acceptors (Lipinski definition) is 4. The molecule has 154 valence electrons. The van der Waals surface area contributed by atoms with Crippen molar-refractivity contribution in [3.63, 3.8) is 0 Å². The fourth-order valence-corrected chi connectivity index (χ4v) is 4.28. The van der Waals surface area contributed by atoms with Gasteiger partial charge in [-0.25, -0.2) is 9.97 Å². The first-order valence-corrected chi connectivity index (χ1v) is 10.6. The zero-order valence-corrected chi connectivity index (χ0v) is 18.0. The molecule has 6 nitrogen and oxygen atoms in total. The lowest BCUT2D eigenvalue weighted by Crippen LogP contribution is -2.45. The number of nitrogens with zero attached hydrogens (tertiary/aromatic N) is 4. The molecular weight excluding hydrogens is 352 g/mol. The molecule has 2 fully saturated rings. The van der Waals surface area contributed by atoms with Gasteiger partial charge in [-0.3, -0.25) is 9.59 Å². The summed E-state index contributed by atoms with van der Waals surface area (Å²) in [4.78, 5) is 38.7. The van der Waals surface area contributed by atoms with Crippen LogP contribution in [0.2, 0.25) is 0 Å². The SMILES string of the molecule is Cc1nc([C@@H]2CCCN(C(=O)C(C)(C)C)C2)nc(C)c1CC(=O)N1CCCC1. The maximum absolute atomic E-state index is 12.7. The van der Waals surface area contributed by atoms with Crippen molar-refractivity contribution >= 4 is 11.8 Å². The lowest BCUT2D eigenvalue weighted by Gasteiger charge is -2.36. The second-order valence-corrected chi connectivity index (χ2v) is 9.34. The fraction of sp³-hybridized carbons (Fsp3) is 0.727. The van der Waals surface area contributed by atoms with E-state index in [1.165, 1.54) is 0 Å². The van der Waals surface area contributed by atoms with Crippen LogP contribution < -0.4 is 0 Å². The quantitative estimate of drug-likeness (QED) is 0.801. The zero-order valence-electron chi connectivity index (χ0n) is 18.0. The molecule has 0 bridgehead atoms. The first kappa shape index (κ1) is 20.7. The van der Waals surface area contributed by atoms with Crippen LogP contribution in [0.1, 0.15) is 75.1 Å². The highest BCUT2D eigenvalue weighted by molar-refractivity contribution is 5.81. The topological polar surface area (TPSA) is 66.4 Å². The summed E-state index contributed by atoms with van der Waals surface area (Å²) in [6.45, 7) is 13.1. The van der Waals surface area contributed by atoms with Gasteiger partial charge in [-0.1, -0.05) is 20.8 Å². The molecule has 6 heteroatoms. The van der Waals surface area contributed by atoms with E-state index in [0.29, 0.717) is 13.0 Å². The standard InChI is InChI=1S/C22H34N4O2/c1-15-18(13-19(27)25-10-6-7-11-25)16(2)24-20(23-15)17-9-8-12-26(14-17)21(28)22(3,4)5/h17H,6-14H2,1-5H3/t17-/m1/s1. The van der Waals surface area contributed by atoms with Crippen molar-refractivity contribution in [2.75, 3.05) is 26.2 Å². The van der Waals surface area contributed by atoms with Crippen LogP contribution >= 0.6 is 0 Å². The normalized spacial score (nSPS) is 20.5. The lowest BCUT2D eigenvalue weighted by molar-refractivity contribution is -0.140. The second kappa shape index (κ2) is 8.18. The van der Waals surface area contributed by atoms with Crippen LogP contribution in [-0.2, 0) is 16.0 Å². The van der Waals surface area contributed by atoms with Crippen LogP contribution in [0.4, 0.5) is 0 Å². The van der Waals surface area contributed by atoms with Gasteiger partial charge in [0.25, 0.3) is 0 Å².